The molecule has 1 nitrogen and oxygen atoms in total. The predicted molar refractivity (Wildman–Crippen MR) is 198 cm³/mol. The fourth-order valence-corrected chi connectivity index (χ4v) is 6.33. The van der Waals surface area contributed by atoms with Crippen molar-refractivity contribution in [3.8, 4) is 55.8 Å². The smallest absolute Gasteiger partial charge is 0.143 e. The largest absolute Gasteiger partial charge is 0.455 e. The van der Waals surface area contributed by atoms with Crippen molar-refractivity contribution in [2.75, 3.05) is 0 Å². The van der Waals surface area contributed by atoms with E-state index in [0.717, 1.165) is 22.3 Å². The zero-order chi connectivity index (χ0) is 42.5. The molecule has 0 unspecified atom stereocenters. The van der Waals surface area contributed by atoms with Gasteiger partial charge in [0.1, 0.15) is 11.3 Å². The van der Waals surface area contributed by atoms with E-state index in [1.54, 1.807) is 6.07 Å². The molecule has 8 aromatic carbocycles. The molecule has 1 heterocycles. The molecule has 0 aliphatic heterocycles. The number of hydrogen-bond acceptors (Lipinski definition) is 1. The number of fused-ring (bicyclic) bond motifs is 3. The molecular formula is C46H30O. The second kappa shape index (κ2) is 11.3. The first-order valence-corrected chi connectivity index (χ1v) is 15.0. The molecule has 0 saturated carbocycles. The molecule has 0 atom stereocenters. The topological polar surface area (TPSA) is 13.1 Å². The first-order valence-electron chi connectivity index (χ1n) is 21.5. The maximum atomic E-state index is 9.54. The molecule has 1 aromatic heterocycles. The van der Waals surface area contributed by atoms with E-state index in [1.165, 1.54) is 0 Å². The summed E-state index contributed by atoms with van der Waals surface area (Å²) >= 11 is 0. The maximum Gasteiger partial charge on any atom is 0.143 e. The molecular weight excluding hydrogens is 569 g/mol. The van der Waals surface area contributed by atoms with Crippen LogP contribution in [0, 0.1) is 0 Å². The van der Waals surface area contributed by atoms with Gasteiger partial charge in [-0.05, 0) is 73.1 Å². The molecule has 0 N–H and O–H groups in total. The van der Waals surface area contributed by atoms with E-state index in [1.807, 2.05) is 97.1 Å². The van der Waals surface area contributed by atoms with Crippen LogP contribution >= 0.6 is 0 Å². The number of hydrogen-bond donors (Lipinski definition) is 0. The van der Waals surface area contributed by atoms with Gasteiger partial charge >= 0.3 is 0 Å². The summed E-state index contributed by atoms with van der Waals surface area (Å²) in [6.07, 6.45) is 0. The van der Waals surface area contributed by atoms with Crippen molar-refractivity contribution >= 4 is 32.5 Å². The molecule has 0 radical (unpaired) electrons. The summed E-state index contributed by atoms with van der Waals surface area (Å²) in [5, 5.41) is -0.481. The van der Waals surface area contributed by atoms with E-state index in [4.69, 9.17) is 16.8 Å². The highest BCUT2D eigenvalue weighted by Crippen LogP contribution is 2.50. The Balaban J connectivity index is 1.58. The fraction of sp³-hybridized carbons (Fsp3) is 0. The van der Waals surface area contributed by atoms with Gasteiger partial charge in [-0.2, -0.15) is 0 Å². The SMILES string of the molecule is [2H]c1c([2H])c([2H])c(-c2c3c([2H])c([2H])c([2H])c([2H])c3c(-c3c(-c4cccc(-c5ccccc5)c4)oc4ccc(-c5ccccc5)cc34)c3c([2H])c([2H])c([2H])c([2H])c23)c([2H])c1[2H]. The minimum absolute atomic E-state index is 0.000748. The second-order valence-corrected chi connectivity index (χ2v) is 11.1. The Morgan fingerprint density at radius 3 is 1.47 bits per heavy atom. The molecule has 1 heteroatoms. The van der Waals surface area contributed by atoms with Crippen LogP contribution < -0.4 is 0 Å². The molecule has 0 aliphatic carbocycles. The lowest BCUT2D eigenvalue weighted by Crippen LogP contribution is -1.91. The Morgan fingerprint density at radius 2 is 0.851 bits per heavy atom. The van der Waals surface area contributed by atoms with Crippen molar-refractivity contribution in [1.29, 1.82) is 0 Å². The summed E-state index contributed by atoms with van der Waals surface area (Å²) in [6.45, 7) is 0. The Bertz CT molecular complexity index is 3180. The molecule has 0 amide bonds. The van der Waals surface area contributed by atoms with Gasteiger partial charge in [-0.25, -0.2) is 0 Å². The molecule has 220 valence electrons. The minimum atomic E-state index is -0.729. The third-order valence-corrected chi connectivity index (χ3v) is 8.40. The van der Waals surface area contributed by atoms with E-state index < -0.39 is 84.1 Å². The van der Waals surface area contributed by atoms with Crippen LogP contribution in [0.1, 0.15) is 17.8 Å². The van der Waals surface area contributed by atoms with Crippen molar-refractivity contribution in [3.63, 3.8) is 0 Å². The molecule has 0 fully saturated rings. The van der Waals surface area contributed by atoms with Gasteiger partial charge in [0, 0.05) is 22.1 Å². The van der Waals surface area contributed by atoms with Gasteiger partial charge < -0.3 is 4.42 Å². The lowest BCUT2D eigenvalue weighted by atomic mass is 9.84. The van der Waals surface area contributed by atoms with Crippen LogP contribution in [0.15, 0.2) is 186 Å². The number of furan rings is 1. The van der Waals surface area contributed by atoms with E-state index in [2.05, 4.69) is 0 Å². The Morgan fingerprint density at radius 1 is 0.340 bits per heavy atom. The lowest BCUT2D eigenvalue weighted by molar-refractivity contribution is 0.632. The standard InChI is InChI=1S/C46H30O/c1-4-15-31(16-5-1)34-21-14-22-36(29-34)46-45(41-30-35(27-28-42(41)47-46)32-17-6-2-7-18-32)44-39-25-12-10-23-37(39)43(33-19-8-3-9-20-33)38-24-11-13-26-40(38)44/h1-30H/i3D,8D,9D,10D,11D,12D,13D,19D,20D,23D,24D,25D,26D. The van der Waals surface area contributed by atoms with Gasteiger partial charge in [0.05, 0.1) is 17.8 Å². The van der Waals surface area contributed by atoms with E-state index >= 15 is 0 Å². The summed E-state index contributed by atoms with van der Waals surface area (Å²) in [5.41, 5.74) is 3.75. The molecule has 0 aliphatic rings. The van der Waals surface area contributed by atoms with Crippen molar-refractivity contribution in [3.05, 3.63) is 182 Å². The first kappa shape index (κ1) is 16.9. The molecule has 9 rings (SSSR count). The van der Waals surface area contributed by atoms with Crippen LogP contribution in [0.5, 0.6) is 0 Å². The Hall–Kier alpha value is -6.18. The van der Waals surface area contributed by atoms with Gasteiger partial charge in [-0.1, -0.05) is 163 Å². The van der Waals surface area contributed by atoms with Crippen LogP contribution in [-0.4, -0.2) is 0 Å². The summed E-state index contributed by atoms with van der Waals surface area (Å²) in [5.74, 6) is 0.242. The molecule has 0 bridgehead atoms. The second-order valence-electron chi connectivity index (χ2n) is 11.1. The Kier molecular flexibility index (Phi) is 4.08. The van der Waals surface area contributed by atoms with E-state index in [0.29, 0.717) is 16.5 Å². The van der Waals surface area contributed by atoms with Gasteiger partial charge in [0.15, 0.2) is 0 Å². The van der Waals surface area contributed by atoms with Gasteiger partial charge in [0.25, 0.3) is 0 Å². The monoisotopic (exact) mass is 611 g/mol. The fourth-order valence-electron chi connectivity index (χ4n) is 6.33. The van der Waals surface area contributed by atoms with Crippen molar-refractivity contribution < 1.29 is 22.2 Å². The third kappa shape index (κ3) is 4.64. The van der Waals surface area contributed by atoms with Crippen LogP contribution in [0.2, 0.25) is 0 Å². The zero-order valence-electron chi connectivity index (χ0n) is 37.7. The normalized spacial score (nSPS) is 15.3. The minimum Gasteiger partial charge on any atom is -0.455 e. The van der Waals surface area contributed by atoms with Crippen molar-refractivity contribution in [1.82, 2.24) is 0 Å². The lowest BCUT2D eigenvalue weighted by Gasteiger charge is -2.18. The van der Waals surface area contributed by atoms with E-state index in [-0.39, 0.29) is 44.0 Å². The summed E-state index contributed by atoms with van der Waals surface area (Å²) in [7, 11) is 0. The predicted octanol–water partition coefficient (Wildman–Crippen LogP) is 13.1. The van der Waals surface area contributed by atoms with Crippen molar-refractivity contribution in [2.45, 2.75) is 0 Å². The number of rotatable bonds is 5. The van der Waals surface area contributed by atoms with Gasteiger partial charge in [-0.3, -0.25) is 0 Å². The Labute approximate surface area is 292 Å². The van der Waals surface area contributed by atoms with Crippen molar-refractivity contribution in [2.24, 2.45) is 0 Å². The average Bonchev–Trinajstić information content (AvgIpc) is 3.66. The molecule has 9 aromatic rings. The zero-order valence-corrected chi connectivity index (χ0v) is 24.7. The third-order valence-electron chi connectivity index (χ3n) is 8.40. The van der Waals surface area contributed by atoms with Crippen LogP contribution in [-0.2, 0) is 0 Å². The summed E-state index contributed by atoms with van der Waals surface area (Å²) in [6, 6.07) is 23.5. The van der Waals surface area contributed by atoms with Gasteiger partial charge in [-0.15, -0.1) is 0 Å². The molecule has 0 saturated heterocycles. The molecule has 47 heavy (non-hydrogen) atoms. The highest BCUT2D eigenvalue weighted by atomic mass is 16.3. The summed E-state index contributed by atoms with van der Waals surface area (Å²) < 4.78 is 124. The average molecular weight is 612 g/mol. The van der Waals surface area contributed by atoms with Crippen LogP contribution in [0.25, 0.3) is 88.3 Å². The number of benzene rings is 8. The highest BCUT2D eigenvalue weighted by Gasteiger charge is 2.24. The van der Waals surface area contributed by atoms with Crippen LogP contribution in [0.4, 0.5) is 0 Å². The maximum absolute atomic E-state index is 9.54. The van der Waals surface area contributed by atoms with Gasteiger partial charge in [0.2, 0.25) is 0 Å². The molecule has 0 spiro atoms. The van der Waals surface area contributed by atoms with E-state index in [9.17, 15) is 5.48 Å². The van der Waals surface area contributed by atoms with Crippen LogP contribution in [0.3, 0.4) is 0 Å². The summed E-state index contributed by atoms with van der Waals surface area (Å²) in [4.78, 5) is 0. The highest BCUT2D eigenvalue weighted by molar-refractivity contribution is 6.25. The first-order chi connectivity index (χ1) is 28.7. The quantitative estimate of drug-likeness (QED) is 0.176.